The van der Waals surface area contributed by atoms with Gasteiger partial charge in [0.25, 0.3) is 0 Å². The van der Waals surface area contributed by atoms with E-state index in [2.05, 4.69) is 4.90 Å². The SMILES string of the molecule is CCN(Cc1ccc([N+](=O)[O-])c(OC)c1)CC(C)(C)O. The topological polar surface area (TPSA) is 75.8 Å². The van der Waals surface area contributed by atoms with E-state index in [4.69, 9.17) is 4.74 Å². The minimum Gasteiger partial charge on any atom is -0.490 e. The number of ether oxygens (including phenoxy) is 1. The summed E-state index contributed by atoms with van der Waals surface area (Å²) in [5, 5.41) is 20.7. The van der Waals surface area contributed by atoms with Crippen molar-refractivity contribution in [2.75, 3.05) is 20.2 Å². The number of hydrogen-bond donors (Lipinski definition) is 1. The minimum absolute atomic E-state index is 0.0400. The lowest BCUT2D eigenvalue weighted by Crippen LogP contribution is -2.38. The van der Waals surface area contributed by atoms with Gasteiger partial charge in [-0.25, -0.2) is 0 Å². The van der Waals surface area contributed by atoms with Gasteiger partial charge in [0.05, 0.1) is 17.6 Å². The van der Waals surface area contributed by atoms with Crippen molar-refractivity contribution in [1.29, 1.82) is 0 Å². The average molecular weight is 282 g/mol. The molecule has 1 rings (SSSR count). The normalized spacial score (nSPS) is 11.7. The van der Waals surface area contributed by atoms with E-state index < -0.39 is 10.5 Å². The van der Waals surface area contributed by atoms with Gasteiger partial charge < -0.3 is 9.84 Å². The van der Waals surface area contributed by atoms with Crippen molar-refractivity contribution in [2.24, 2.45) is 0 Å². The van der Waals surface area contributed by atoms with E-state index in [1.165, 1.54) is 13.2 Å². The number of methoxy groups -OCH3 is 1. The number of hydrogen-bond acceptors (Lipinski definition) is 5. The molecule has 6 nitrogen and oxygen atoms in total. The molecule has 0 aromatic heterocycles. The van der Waals surface area contributed by atoms with E-state index in [-0.39, 0.29) is 11.4 Å². The Balaban J connectivity index is 2.89. The van der Waals surface area contributed by atoms with E-state index in [1.54, 1.807) is 26.0 Å². The molecular formula is C14H22N2O4. The maximum Gasteiger partial charge on any atom is 0.310 e. The van der Waals surface area contributed by atoms with Gasteiger partial charge in [-0.05, 0) is 32.0 Å². The van der Waals surface area contributed by atoms with Crippen LogP contribution in [0.25, 0.3) is 0 Å². The molecule has 0 spiro atoms. The summed E-state index contributed by atoms with van der Waals surface area (Å²) in [7, 11) is 1.42. The van der Waals surface area contributed by atoms with E-state index in [0.717, 1.165) is 12.1 Å². The molecule has 6 heteroatoms. The van der Waals surface area contributed by atoms with Gasteiger partial charge in [0.15, 0.2) is 5.75 Å². The zero-order valence-corrected chi connectivity index (χ0v) is 12.4. The Morgan fingerprint density at radius 1 is 1.45 bits per heavy atom. The molecule has 0 fully saturated rings. The van der Waals surface area contributed by atoms with Crippen LogP contribution in [0.4, 0.5) is 5.69 Å². The first-order valence-corrected chi connectivity index (χ1v) is 6.53. The molecule has 0 aliphatic rings. The molecule has 0 aliphatic heterocycles. The van der Waals surface area contributed by atoms with Gasteiger partial charge in [-0.1, -0.05) is 13.0 Å². The molecule has 0 saturated heterocycles. The molecule has 0 unspecified atom stereocenters. The molecule has 0 amide bonds. The molecule has 0 radical (unpaired) electrons. The number of nitro benzene ring substituents is 1. The maximum absolute atomic E-state index is 10.8. The first-order valence-electron chi connectivity index (χ1n) is 6.53. The molecule has 20 heavy (non-hydrogen) atoms. The van der Waals surface area contributed by atoms with Crippen molar-refractivity contribution < 1.29 is 14.8 Å². The summed E-state index contributed by atoms with van der Waals surface area (Å²) >= 11 is 0. The summed E-state index contributed by atoms with van der Waals surface area (Å²) in [6.45, 7) is 7.44. The van der Waals surface area contributed by atoms with Crippen molar-refractivity contribution in [1.82, 2.24) is 4.90 Å². The Morgan fingerprint density at radius 3 is 2.55 bits per heavy atom. The van der Waals surface area contributed by atoms with Crippen LogP contribution in [-0.2, 0) is 6.54 Å². The highest BCUT2D eigenvalue weighted by atomic mass is 16.6. The highest BCUT2D eigenvalue weighted by molar-refractivity contribution is 5.48. The molecular weight excluding hydrogens is 260 g/mol. The molecule has 1 N–H and O–H groups in total. The highest BCUT2D eigenvalue weighted by Crippen LogP contribution is 2.28. The Morgan fingerprint density at radius 2 is 2.10 bits per heavy atom. The zero-order chi connectivity index (χ0) is 15.3. The average Bonchev–Trinajstić information content (AvgIpc) is 2.35. The summed E-state index contributed by atoms with van der Waals surface area (Å²) in [6.07, 6.45) is 0. The van der Waals surface area contributed by atoms with E-state index in [9.17, 15) is 15.2 Å². The predicted octanol–water partition coefficient (Wildman–Crippen LogP) is 2.20. The molecule has 112 valence electrons. The molecule has 0 bridgehead atoms. The van der Waals surface area contributed by atoms with Gasteiger partial charge in [-0.2, -0.15) is 0 Å². The van der Waals surface area contributed by atoms with Crippen LogP contribution in [0.3, 0.4) is 0 Å². The smallest absolute Gasteiger partial charge is 0.310 e. The first kappa shape index (κ1) is 16.4. The van der Waals surface area contributed by atoms with E-state index in [1.807, 2.05) is 6.92 Å². The molecule has 1 aromatic rings. The largest absolute Gasteiger partial charge is 0.490 e. The van der Waals surface area contributed by atoms with Crippen molar-refractivity contribution in [3.63, 3.8) is 0 Å². The minimum atomic E-state index is -0.777. The zero-order valence-electron chi connectivity index (χ0n) is 12.4. The van der Waals surface area contributed by atoms with Crippen LogP contribution in [0.2, 0.25) is 0 Å². The van der Waals surface area contributed by atoms with E-state index >= 15 is 0 Å². The number of likely N-dealkylation sites (N-methyl/N-ethyl adjacent to an activating group) is 1. The second-order valence-corrected chi connectivity index (χ2v) is 5.38. The Bertz CT molecular complexity index is 469. The fourth-order valence-corrected chi connectivity index (χ4v) is 2.06. The summed E-state index contributed by atoms with van der Waals surface area (Å²) in [5.41, 5.74) is 0.0984. The molecule has 1 aromatic carbocycles. The Hall–Kier alpha value is -1.66. The fraction of sp³-hybridized carbons (Fsp3) is 0.571. The Kier molecular flexibility index (Phi) is 5.47. The lowest BCUT2D eigenvalue weighted by atomic mass is 10.1. The highest BCUT2D eigenvalue weighted by Gasteiger charge is 2.19. The van der Waals surface area contributed by atoms with Crippen molar-refractivity contribution >= 4 is 5.69 Å². The lowest BCUT2D eigenvalue weighted by molar-refractivity contribution is -0.385. The first-order chi connectivity index (χ1) is 9.26. The molecule has 0 atom stereocenters. The summed E-state index contributed by atoms with van der Waals surface area (Å²) in [5.74, 6) is 0.256. The summed E-state index contributed by atoms with van der Waals surface area (Å²) in [6, 6.07) is 4.84. The van der Waals surface area contributed by atoms with Gasteiger partial charge in [0.2, 0.25) is 0 Å². The molecule has 0 saturated carbocycles. The number of nitro groups is 1. The van der Waals surface area contributed by atoms with Crippen LogP contribution in [0, 0.1) is 10.1 Å². The standard InChI is InChI=1S/C14H22N2O4/c1-5-15(10-14(2,3)17)9-11-6-7-12(16(18)19)13(8-11)20-4/h6-8,17H,5,9-10H2,1-4H3. The Labute approximate surface area is 119 Å². The third-order valence-electron chi connectivity index (χ3n) is 2.90. The molecule has 0 aliphatic carbocycles. The van der Waals surface area contributed by atoms with Crippen LogP contribution in [0.15, 0.2) is 18.2 Å². The quantitative estimate of drug-likeness (QED) is 0.613. The third-order valence-corrected chi connectivity index (χ3v) is 2.90. The van der Waals surface area contributed by atoms with Crippen molar-refractivity contribution in [3.8, 4) is 5.75 Å². The van der Waals surface area contributed by atoms with E-state index in [0.29, 0.717) is 13.1 Å². The van der Waals surface area contributed by atoms with Crippen LogP contribution in [0.1, 0.15) is 26.3 Å². The summed E-state index contributed by atoms with van der Waals surface area (Å²) in [4.78, 5) is 12.4. The van der Waals surface area contributed by atoms with Gasteiger partial charge in [0.1, 0.15) is 0 Å². The number of rotatable bonds is 7. The van der Waals surface area contributed by atoms with Gasteiger partial charge in [0, 0.05) is 19.2 Å². The second kappa shape index (κ2) is 6.67. The van der Waals surface area contributed by atoms with Crippen LogP contribution < -0.4 is 4.74 Å². The third kappa shape index (κ3) is 4.79. The van der Waals surface area contributed by atoms with Gasteiger partial charge >= 0.3 is 5.69 Å². The number of aliphatic hydroxyl groups is 1. The maximum atomic E-state index is 10.8. The number of benzene rings is 1. The summed E-state index contributed by atoms with van der Waals surface area (Å²) < 4.78 is 5.05. The fourth-order valence-electron chi connectivity index (χ4n) is 2.06. The van der Waals surface area contributed by atoms with Crippen LogP contribution in [0.5, 0.6) is 5.75 Å². The van der Waals surface area contributed by atoms with Crippen LogP contribution in [-0.4, -0.2) is 40.7 Å². The van der Waals surface area contributed by atoms with Gasteiger partial charge in [-0.15, -0.1) is 0 Å². The lowest BCUT2D eigenvalue weighted by Gasteiger charge is -2.28. The monoisotopic (exact) mass is 282 g/mol. The van der Waals surface area contributed by atoms with Gasteiger partial charge in [-0.3, -0.25) is 15.0 Å². The van der Waals surface area contributed by atoms with Crippen molar-refractivity contribution in [3.05, 3.63) is 33.9 Å². The number of nitrogens with zero attached hydrogens (tertiary/aromatic N) is 2. The predicted molar refractivity (Wildman–Crippen MR) is 76.9 cm³/mol. The second-order valence-electron chi connectivity index (χ2n) is 5.38. The van der Waals surface area contributed by atoms with Crippen LogP contribution >= 0.6 is 0 Å². The molecule has 0 heterocycles. The van der Waals surface area contributed by atoms with Crippen molar-refractivity contribution in [2.45, 2.75) is 32.9 Å².